The largest absolute Gasteiger partial charge is 0.497 e. The van der Waals surface area contributed by atoms with Gasteiger partial charge < -0.3 is 19.4 Å². The second-order valence-electron chi connectivity index (χ2n) is 11.5. The summed E-state index contributed by atoms with van der Waals surface area (Å²) < 4.78 is 42.6. The average Bonchev–Trinajstić information content (AvgIpc) is 3.34. The normalized spacial score (nSPS) is 18.5. The van der Waals surface area contributed by atoms with Gasteiger partial charge in [-0.25, -0.2) is 18.2 Å². The zero-order valence-corrected chi connectivity index (χ0v) is 26.7. The summed E-state index contributed by atoms with van der Waals surface area (Å²) in [5, 5.41) is 0.586. The minimum absolute atomic E-state index is 0.0587. The first-order valence-corrected chi connectivity index (χ1v) is 16.7. The highest BCUT2D eigenvalue weighted by Crippen LogP contribution is 2.33. The maximum Gasteiger partial charge on any atom is 0.326 e. The lowest BCUT2D eigenvalue weighted by atomic mass is 10.0. The molecule has 0 bridgehead atoms. The molecule has 4 aromatic rings. The van der Waals surface area contributed by atoms with Crippen molar-refractivity contribution in [3.05, 3.63) is 69.2 Å². The summed E-state index contributed by atoms with van der Waals surface area (Å²) in [5.41, 5.74) is 2.78. The SMILES string of the molecule is COc1cc(C)c(S(=O)(=O)N2CCCCC2COc2nccc(N3CCC(n4c(=O)[nH]c5cc(Cl)ccc54)CC3)n2)c(C)c1. The molecule has 11 nitrogen and oxygen atoms in total. The van der Waals surface area contributed by atoms with Gasteiger partial charge >= 0.3 is 11.7 Å². The van der Waals surface area contributed by atoms with Crippen molar-refractivity contribution in [2.75, 3.05) is 38.3 Å². The maximum absolute atomic E-state index is 13.9. The molecule has 13 heteroatoms. The van der Waals surface area contributed by atoms with Gasteiger partial charge in [-0.15, -0.1) is 0 Å². The van der Waals surface area contributed by atoms with Crippen LogP contribution in [0, 0.1) is 13.8 Å². The molecule has 44 heavy (non-hydrogen) atoms. The van der Waals surface area contributed by atoms with E-state index in [0.717, 1.165) is 42.5 Å². The Labute approximate surface area is 261 Å². The van der Waals surface area contributed by atoms with Crippen molar-refractivity contribution in [3.63, 3.8) is 0 Å². The highest BCUT2D eigenvalue weighted by molar-refractivity contribution is 7.89. The van der Waals surface area contributed by atoms with E-state index in [2.05, 4.69) is 19.9 Å². The third-order valence-corrected chi connectivity index (χ3v) is 11.2. The Morgan fingerprint density at radius 2 is 1.77 bits per heavy atom. The predicted molar refractivity (Wildman–Crippen MR) is 170 cm³/mol. The third kappa shape index (κ3) is 5.90. The lowest BCUT2D eigenvalue weighted by molar-refractivity contribution is 0.161. The molecule has 2 aliphatic heterocycles. The number of anilines is 1. The van der Waals surface area contributed by atoms with Crippen molar-refractivity contribution >= 4 is 38.5 Å². The van der Waals surface area contributed by atoms with E-state index in [1.54, 1.807) is 55.7 Å². The highest BCUT2D eigenvalue weighted by atomic mass is 35.5. The Morgan fingerprint density at radius 3 is 2.50 bits per heavy atom. The fourth-order valence-electron chi connectivity index (χ4n) is 6.58. The monoisotopic (exact) mass is 640 g/mol. The Kier molecular flexibility index (Phi) is 8.58. The fraction of sp³-hybridized carbons (Fsp3) is 0.452. The molecule has 1 atom stereocenters. The number of aryl methyl sites for hydroxylation is 2. The van der Waals surface area contributed by atoms with Crippen LogP contribution in [-0.2, 0) is 10.0 Å². The standard InChI is InChI=1S/C31H37ClN6O5S/c1-20-16-25(42-3)17-21(2)29(20)44(40,41)37-13-5-4-6-24(37)19-43-30-33-12-9-28(35-30)36-14-10-23(11-15-36)38-27-8-7-22(32)18-26(27)34-31(38)39/h7-9,12,16-18,23-24H,4-6,10-11,13-15,19H2,1-3H3,(H,34,39). The molecular formula is C31H37ClN6O5S. The van der Waals surface area contributed by atoms with Gasteiger partial charge in [0, 0.05) is 36.9 Å². The van der Waals surface area contributed by atoms with Crippen LogP contribution in [0.3, 0.4) is 0 Å². The summed E-state index contributed by atoms with van der Waals surface area (Å²) in [7, 11) is -2.18. The molecule has 2 aromatic heterocycles. The average molecular weight is 641 g/mol. The van der Waals surface area contributed by atoms with Crippen LogP contribution in [-0.4, -0.2) is 71.6 Å². The van der Waals surface area contributed by atoms with Crippen molar-refractivity contribution < 1.29 is 17.9 Å². The lowest BCUT2D eigenvalue weighted by Crippen LogP contribution is -2.47. The number of sulfonamides is 1. The Balaban J connectivity index is 1.13. The van der Waals surface area contributed by atoms with Gasteiger partial charge in [-0.05, 0) is 87.1 Å². The first kappa shape index (κ1) is 30.4. The first-order valence-electron chi connectivity index (χ1n) is 14.9. The van der Waals surface area contributed by atoms with E-state index < -0.39 is 10.0 Å². The smallest absolute Gasteiger partial charge is 0.326 e. The highest BCUT2D eigenvalue weighted by Gasteiger charge is 2.36. The molecule has 2 saturated heterocycles. The van der Waals surface area contributed by atoms with Gasteiger partial charge in [0.1, 0.15) is 18.2 Å². The number of methoxy groups -OCH3 is 1. The van der Waals surface area contributed by atoms with E-state index in [1.807, 2.05) is 16.7 Å². The molecule has 0 aliphatic carbocycles. The minimum atomic E-state index is -3.75. The molecule has 0 radical (unpaired) electrons. The van der Waals surface area contributed by atoms with Crippen molar-refractivity contribution in [2.45, 2.75) is 62.9 Å². The molecule has 6 rings (SSSR count). The molecule has 2 aliphatic rings. The summed E-state index contributed by atoms with van der Waals surface area (Å²) >= 11 is 6.11. The molecule has 234 valence electrons. The van der Waals surface area contributed by atoms with Crippen LogP contribution in [0.4, 0.5) is 5.82 Å². The van der Waals surface area contributed by atoms with Crippen LogP contribution in [0.5, 0.6) is 11.8 Å². The van der Waals surface area contributed by atoms with Crippen LogP contribution in [0.15, 0.2) is 52.3 Å². The van der Waals surface area contributed by atoms with Gasteiger partial charge in [0.15, 0.2) is 0 Å². The minimum Gasteiger partial charge on any atom is -0.497 e. The number of benzene rings is 2. The topological polar surface area (TPSA) is 123 Å². The van der Waals surface area contributed by atoms with Gasteiger partial charge in [-0.2, -0.15) is 9.29 Å². The summed E-state index contributed by atoms with van der Waals surface area (Å²) in [6.45, 7) is 5.62. The molecule has 0 spiro atoms. The number of aromatic nitrogens is 4. The summed E-state index contributed by atoms with van der Waals surface area (Å²) in [6.07, 6.45) is 5.62. The van der Waals surface area contributed by atoms with Gasteiger partial charge in [0.2, 0.25) is 10.0 Å². The summed E-state index contributed by atoms with van der Waals surface area (Å²) in [6, 6.07) is 10.8. The summed E-state index contributed by atoms with van der Waals surface area (Å²) in [5.74, 6) is 1.38. The molecule has 2 fully saturated rings. The number of ether oxygens (including phenoxy) is 2. The van der Waals surface area contributed by atoms with E-state index in [1.165, 1.54) is 0 Å². The second-order valence-corrected chi connectivity index (χ2v) is 13.8. The number of imidazole rings is 1. The fourth-order valence-corrected chi connectivity index (χ4v) is 8.84. The van der Waals surface area contributed by atoms with Crippen LogP contribution in [0.1, 0.15) is 49.3 Å². The molecule has 1 unspecified atom stereocenters. The van der Waals surface area contributed by atoms with Gasteiger partial charge in [-0.1, -0.05) is 18.0 Å². The number of piperidine rings is 2. The second kappa shape index (κ2) is 12.4. The summed E-state index contributed by atoms with van der Waals surface area (Å²) in [4.78, 5) is 27.1. The zero-order valence-electron chi connectivity index (χ0n) is 25.1. The zero-order chi connectivity index (χ0) is 31.0. The molecule has 1 N–H and O–H groups in total. The van der Waals surface area contributed by atoms with Gasteiger partial charge in [0.05, 0.1) is 29.1 Å². The van der Waals surface area contributed by atoms with E-state index in [4.69, 9.17) is 21.1 Å². The van der Waals surface area contributed by atoms with Crippen molar-refractivity contribution in [1.82, 2.24) is 23.8 Å². The number of H-pyrrole nitrogens is 1. The lowest BCUT2D eigenvalue weighted by Gasteiger charge is -2.35. The number of nitrogens with one attached hydrogen (secondary N) is 1. The van der Waals surface area contributed by atoms with Crippen molar-refractivity contribution in [2.24, 2.45) is 0 Å². The van der Waals surface area contributed by atoms with Crippen LogP contribution >= 0.6 is 11.6 Å². The number of nitrogens with zero attached hydrogens (tertiary/aromatic N) is 5. The third-order valence-electron chi connectivity index (χ3n) is 8.67. The number of fused-ring (bicyclic) bond motifs is 1. The molecular weight excluding hydrogens is 604 g/mol. The number of hydrogen-bond acceptors (Lipinski definition) is 8. The van der Waals surface area contributed by atoms with E-state index in [0.29, 0.717) is 52.8 Å². The van der Waals surface area contributed by atoms with Gasteiger partial charge in [0.25, 0.3) is 0 Å². The van der Waals surface area contributed by atoms with E-state index in [9.17, 15) is 13.2 Å². The van der Waals surface area contributed by atoms with Crippen LogP contribution < -0.4 is 20.1 Å². The quantitative estimate of drug-likeness (QED) is 0.290. The Morgan fingerprint density at radius 1 is 1.02 bits per heavy atom. The van der Waals surface area contributed by atoms with Crippen LogP contribution in [0.2, 0.25) is 5.02 Å². The number of aromatic amines is 1. The van der Waals surface area contributed by atoms with E-state index in [-0.39, 0.29) is 30.4 Å². The molecule has 0 saturated carbocycles. The van der Waals surface area contributed by atoms with Crippen molar-refractivity contribution in [3.8, 4) is 11.8 Å². The Hall–Kier alpha value is -3.61. The maximum atomic E-state index is 13.9. The van der Waals surface area contributed by atoms with Crippen LogP contribution in [0.25, 0.3) is 11.0 Å². The number of halogens is 1. The van der Waals surface area contributed by atoms with Crippen molar-refractivity contribution in [1.29, 1.82) is 0 Å². The Bertz CT molecular complexity index is 1810. The molecule has 2 aromatic carbocycles. The first-order chi connectivity index (χ1) is 21.2. The molecule has 0 amide bonds. The number of rotatable bonds is 8. The predicted octanol–water partition coefficient (Wildman–Crippen LogP) is 4.86. The molecule has 4 heterocycles. The number of hydrogen-bond donors (Lipinski definition) is 1. The van der Waals surface area contributed by atoms with E-state index >= 15 is 0 Å². The van der Waals surface area contributed by atoms with Gasteiger partial charge in [-0.3, -0.25) is 4.57 Å².